The van der Waals surface area contributed by atoms with Gasteiger partial charge in [0.25, 0.3) is 5.56 Å². The number of benzene rings is 1. The molecule has 0 N–H and O–H groups in total. The minimum atomic E-state index is -0.373. The predicted octanol–water partition coefficient (Wildman–Crippen LogP) is 1.32. The standard InChI is InChI=1S/C12H9N3O/c1-15-8-11(9-5-3-2-4-6-9)14-10(7-13)12(15)16/h2-6,8H,1H3. The van der Waals surface area contributed by atoms with Gasteiger partial charge >= 0.3 is 0 Å². The minimum Gasteiger partial charge on any atom is -0.314 e. The van der Waals surface area contributed by atoms with Crippen molar-refractivity contribution in [3.8, 4) is 17.3 Å². The van der Waals surface area contributed by atoms with Crippen LogP contribution in [0, 0.1) is 11.3 Å². The van der Waals surface area contributed by atoms with Gasteiger partial charge in [0.05, 0.1) is 5.69 Å². The van der Waals surface area contributed by atoms with Gasteiger partial charge in [-0.15, -0.1) is 0 Å². The second-order valence-electron chi connectivity index (χ2n) is 3.37. The molecule has 0 amide bonds. The van der Waals surface area contributed by atoms with Crippen LogP contribution < -0.4 is 5.56 Å². The van der Waals surface area contributed by atoms with Crippen LogP contribution in [0.15, 0.2) is 41.3 Å². The summed E-state index contributed by atoms with van der Waals surface area (Å²) in [6.45, 7) is 0. The quantitative estimate of drug-likeness (QED) is 0.714. The van der Waals surface area contributed by atoms with Crippen LogP contribution in [-0.4, -0.2) is 9.55 Å². The molecule has 0 spiro atoms. The molecule has 2 rings (SSSR count). The molecule has 0 unspecified atom stereocenters. The molecule has 0 saturated heterocycles. The Morgan fingerprint density at radius 3 is 2.62 bits per heavy atom. The Labute approximate surface area is 92.4 Å². The minimum absolute atomic E-state index is 0.0798. The third-order valence-electron chi connectivity index (χ3n) is 2.25. The molecule has 1 aromatic carbocycles. The zero-order valence-corrected chi connectivity index (χ0v) is 8.71. The Balaban J connectivity index is 2.66. The number of aryl methyl sites for hydroxylation is 1. The molecule has 1 heterocycles. The molecule has 0 fully saturated rings. The van der Waals surface area contributed by atoms with Gasteiger partial charge in [-0.2, -0.15) is 5.26 Å². The van der Waals surface area contributed by atoms with Gasteiger partial charge in [0.15, 0.2) is 0 Å². The first kappa shape index (κ1) is 10.1. The summed E-state index contributed by atoms with van der Waals surface area (Å²) < 4.78 is 1.37. The molecule has 4 nitrogen and oxygen atoms in total. The van der Waals surface area contributed by atoms with E-state index in [-0.39, 0.29) is 11.3 Å². The van der Waals surface area contributed by atoms with Crippen LogP contribution in [0.2, 0.25) is 0 Å². The van der Waals surface area contributed by atoms with E-state index in [1.807, 2.05) is 30.3 Å². The van der Waals surface area contributed by atoms with Crippen molar-refractivity contribution in [2.24, 2.45) is 7.05 Å². The maximum atomic E-state index is 11.5. The lowest BCUT2D eigenvalue weighted by atomic mass is 10.1. The van der Waals surface area contributed by atoms with Crippen molar-refractivity contribution in [1.82, 2.24) is 9.55 Å². The Morgan fingerprint density at radius 2 is 2.00 bits per heavy atom. The SMILES string of the molecule is Cn1cc(-c2ccccc2)nc(C#N)c1=O. The van der Waals surface area contributed by atoms with Gasteiger partial charge in [0, 0.05) is 18.8 Å². The molecule has 0 bridgehead atoms. The molecule has 0 radical (unpaired) electrons. The number of hydrogen-bond donors (Lipinski definition) is 0. The lowest BCUT2D eigenvalue weighted by Gasteiger charge is -2.03. The van der Waals surface area contributed by atoms with Crippen molar-refractivity contribution in [2.75, 3.05) is 0 Å². The summed E-state index contributed by atoms with van der Waals surface area (Å²) in [6, 6.07) is 11.2. The third kappa shape index (κ3) is 1.71. The first-order chi connectivity index (χ1) is 7.72. The molecule has 0 atom stereocenters. The Hall–Kier alpha value is -2.41. The van der Waals surface area contributed by atoms with Crippen LogP contribution in [0.1, 0.15) is 5.69 Å². The van der Waals surface area contributed by atoms with Gasteiger partial charge in [-0.25, -0.2) is 4.98 Å². The van der Waals surface area contributed by atoms with Crippen molar-refractivity contribution in [3.05, 3.63) is 52.6 Å². The maximum Gasteiger partial charge on any atom is 0.287 e. The summed E-state index contributed by atoms with van der Waals surface area (Å²) in [5, 5.41) is 8.79. The maximum absolute atomic E-state index is 11.5. The monoisotopic (exact) mass is 211 g/mol. The highest BCUT2D eigenvalue weighted by atomic mass is 16.1. The molecule has 0 aliphatic rings. The van der Waals surface area contributed by atoms with Crippen LogP contribution in [0.3, 0.4) is 0 Å². The zero-order valence-electron chi connectivity index (χ0n) is 8.71. The van der Waals surface area contributed by atoms with E-state index in [2.05, 4.69) is 4.98 Å². The summed E-state index contributed by atoms with van der Waals surface area (Å²) in [7, 11) is 1.61. The van der Waals surface area contributed by atoms with Gasteiger partial charge < -0.3 is 4.57 Å². The average Bonchev–Trinajstić information content (AvgIpc) is 2.33. The van der Waals surface area contributed by atoms with Gasteiger partial charge in [-0.3, -0.25) is 4.79 Å². The van der Waals surface area contributed by atoms with E-state index >= 15 is 0 Å². The second kappa shape index (κ2) is 3.99. The van der Waals surface area contributed by atoms with Crippen LogP contribution >= 0.6 is 0 Å². The average molecular weight is 211 g/mol. The van der Waals surface area contributed by atoms with Crippen molar-refractivity contribution >= 4 is 0 Å². The molecular formula is C12H9N3O. The van der Waals surface area contributed by atoms with Crippen LogP contribution in [0.4, 0.5) is 0 Å². The second-order valence-corrected chi connectivity index (χ2v) is 3.37. The summed E-state index contributed by atoms with van der Waals surface area (Å²) in [5.41, 5.74) is 1.06. The van der Waals surface area contributed by atoms with Crippen molar-refractivity contribution < 1.29 is 0 Å². The highest BCUT2D eigenvalue weighted by molar-refractivity contribution is 5.58. The molecular weight excluding hydrogens is 202 g/mol. The van der Waals surface area contributed by atoms with E-state index in [1.54, 1.807) is 19.3 Å². The molecule has 78 valence electrons. The largest absolute Gasteiger partial charge is 0.314 e. The zero-order chi connectivity index (χ0) is 11.5. The molecule has 2 aromatic rings. The number of rotatable bonds is 1. The van der Waals surface area contributed by atoms with E-state index in [9.17, 15) is 4.79 Å². The topological polar surface area (TPSA) is 58.7 Å². The van der Waals surface area contributed by atoms with E-state index in [1.165, 1.54) is 4.57 Å². The molecule has 4 heteroatoms. The van der Waals surface area contributed by atoms with Gasteiger partial charge in [0.2, 0.25) is 5.69 Å². The smallest absolute Gasteiger partial charge is 0.287 e. The number of aromatic nitrogens is 2. The van der Waals surface area contributed by atoms with Crippen LogP contribution in [0.25, 0.3) is 11.3 Å². The fraction of sp³-hybridized carbons (Fsp3) is 0.0833. The van der Waals surface area contributed by atoms with Gasteiger partial charge in [0.1, 0.15) is 6.07 Å². The Bertz CT molecular complexity index is 608. The normalized spacial score (nSPS) is 9.75. The molecule has 0 aliphatic carbocycles. The summed E-state index contributed by atoms with van der Waals surface area (Å²) >= 11 is 0. The Morgan fingerprint density at radius 1 is 1.31 bits per heavy atom. The molecule has 1 aromatic heterocycles. The molecule has 16 heavy (non-hydrogen) atoms. The van der Waals surface area contributed by atoms with Gasteiger partial charge in [-0.05, 0) is 0 Å². The third-order valence-corrected chi connectivity index (χ3v) is 2.25. The van der Waals surface area contributed by atoms with Crippen LogP contribution in [-0.2, 0) is 7.05 Å². The van der Waals surface area contributed by atoms with E-state index in [0.717, 1.165) is 5.56 Å². The van der Waals surface area contributed by atoms with Gasteiger partial charge in [-0.1, -0.05) is 30.3 Å². The van der Waals surface area contributed by atoms with Crippen molar-refractivity contribution in [3.63, 3.8) is 0 Å². The number of nitriles is 1. The first-order valence-corrected chi connectivity index (χ1v) is 4.75. The fourth-order valence-electron chi connectivity index (χ4n) is 1.43. The highest BCUT2D eigenvalue weighted by Crippen LogP contribution is 2.14. The predicted molar refractivity (Wildman–Crippen MR) is 59.6 cm³/mol. The number of hydrogen-bond acceptors (Lipinski definition) is 3. The fourth-order valence-corrected chi connectivity index (χ4v) is 1.43. The lowest BCUT2D eigenvalue weighted by molar-refractivity contribution is 0.836. The summed E-state index contributed by atoms with van der Waals surface area (Å²) in [4.78, 5) is 15.5. The summed E-state index contributed by atoms with van der Waals surface area (Å²) in [5.74, 6) is 0. The summed E-state index contributed by atoms with van der Waals surface area (Å²) in [6.07, 6.45) is 1.62. The van der Waals surface area contributed by atoms with Crippen molar-refractivity contribution in [2.45, 2.75) is 0 Å². The lowest BCUT2D eigenvalue weighted by Crippen LogP contribution is -2.21. The molecule has 0 aliphatic heterocycles. The van der Waals surface area contributed by atoms with E-state index in [4.69, 9.17) is 5.26 Å². The van der Waals surface area contributed by atoms with Crippen molar-refractivity contribution in [1.29, 1.82) is 5.26 Å². The first-order valence-electron chi connectivity index (χ1n) is 4.75. The number of nitrogens with zero attached hydrogens (tertiary/aromatic N) is 3. The van der Waals surface area contributed by atoms with E-state index in [0.29, 0.717) is 5.69 Å². The highest BCUT2D eigenvalue weighted by Gasteiger charge is 2.06. The van der Waals surface area contributed by atoms with Crippen LogP contribution in [0.5, 0.6) is 0 Å². The molecule has 0 saturated carbocycles. The van der Waals surface area contributed by atoms with E-state index < -0.39 is 0 Å². The Kier molecular flexibility index (Phi) is 2.52.